The number of aliphatic hydroxyl groups excluding tert-OH is 1. The third-order valence-corrected chi connectivity index (χ3v) is 5.02. The van der Waals surface area contributed by atoms with Crippen molar-refractivity contribution in [2.45, 2.75) is 37.7 Å². The summed E-state index contributed by atoms with van der Waals surface area (Å²) in [5.41, 5.74) is 3.32. The summed E-state index contributed by atoms with van der Waals surface area (Å²) in [5, 5.41) is 11.5. The number of hydrogen-bond donors (Lipinski definition) is 1. The van der Waals surface area contributed by atoms with Crippen LogP contribution in [0.4, 0.5) is 0 Å². The zero-order valence-corrected chi connectivity index (χ0v) is 13.2. The lowest BCUT2D eigenvalue weighted by Gasteiger charge is -2.26. The molecule has 21 heavy (non-hydrogen) atoms. The fraction of sp³-hybridized carbons (Fsp3) is 0.333. The quantitative estimate of drug-likeness (QED) is 0.784. The second-order valence-electron chi connectivity index (χ2n) is 5.77. The molecule has 0 radical (unpaired) electrons. The molecule has 0 amide bonds. The van der Waals surface area contributed by atoms with E-state index in [2.05, 4.69) is 12.1 Å². The highest BCUT2D eigenvalue weighted by Crippen LogP contribution is 2.37. The molecule has 2 aromatic carbocycles. The van der Waals surface area contributed by atoms with E-state index in [0.29, 0.717) is 22.4 Å². The summed E-state index contributed by atoms with van der Waals surface area (Å²) in [7, 11) is 0. The zero-order chi connectivity index (χ0) is 14.8. The Kier molecular flexibility index (Phi) is 4.54. The van der Waals surface area contributed by atoms with Gasteiger partial charge < -0.3 is 5.11 Å². The first-order valence-electron chi connectivity index (χ1n) is 7.35. The van der Waals surface area contributed by atoms with Crippen molar-refractivity contribution in [3.05, 3.63) is 69.2 Å². The van der Waals surface area contributed by atoms with E-state index in [4.69, 9.17) is 23.2 Å². The Labute approximate surface area is 135 Å². The molecule has 2 aromatic rings. The van der Waals surface area contributed by atoms with Crippen molar-refractivity contribution in [2.75, 3.05) is 0 Å². The topological polar surface area (TPSA) is 20.2 Å². The van der Waals surface area contributed by atoms with Gasteiger partial charge in [-0.05, 0) is 47.6 Å². The molecule has 1 aliphatic rings. The van der Waals surface area contributed by atoms with Crippen LogP contribution in [0.5, 0.6) is 0 Å². The van der Waals surface area contributed by atoms with Crippen LogP contribution < -0.4 is 0 Å². The molecule has 1 fully saturated rings. The van der Waals surface area contributed by atoms with Gasteiger partial charge in [-0.15, -0.1) is 0 Å². The van der Waals surface area contributed by atoms with Crippen LogP contribution in [0.1, 0.15) is 48.0 Å². The van der Waals surface area contributed by atoms with Gasteiger partial charge in [-0.2, -0.15) is 0 Å². The minimum Gasteiger partial charge on any atom is -0.388 e. The Morgan fingerprint density at radius 1 is 1.05 bits per heavy atom. The van der Waals surface area contributed by atoms with Gasteiger partial charge >= 0.3 is 0 Å². The number of aliphatic hydroxyl groups is 1. The van der Waals surface area contributed by atoms with E-state index in [9.17, 15) is 5.11 Å². The van der Waals surface area contributed by atoms with Crippen LogP contribution in [0.15, 0.2) is 42.5 Å². The largest absolute Gasteiger partial charge is 0.388 e. The highest BCUT2D eigenvalue weighted by Gasteiger charge is 2.20. The lowest BCUT2D eigenvalue weighted by Crippen LogP contribution is -2.10. The Bertz CT molecular complexity index is 635. The average molecular weight is 321 g/mol. The highest BCUT2D eigenvalue weighted by molar-refractivity contribution is 6.42. The molecule has 1 unspecified atom stereocenters. The monoisotopic (exact) mass is 320 g/mol. The zero-order valence-electron chi connectivity index (χ0n) is 11.7. The number of halogens is 2. The van der Waals surface area contributed by atoms with E-state index < -0.39 is 6.10 Å². The van der Waals surface area contributed by atoms with Gasteiger partial charge in [0, 0.05) is 6.42 Å². The molecule has 0 aliphatic heterocycles. The fourth-order valence-electron chi connectivity index (χ4n) is 2.77. The summed E-state index contributed by atoms with van der Waals surface area (Å²) < 4.78 is 0. The predicted molar refractivity (Wildman–Crippen MR) is 88.2 cm³/mol. The molecule has 0 heterocycles. The van der Waals surface area contributed by atoms with E-state index >= 15 is 0 Å². The summed E-state index contributed by atoms with van der Waals surface area (Å²) in [6.45, 7) is 0. The van der Waals surface area contributed by atoms with Crippen molar-refractivity contribution in [1.29, 1.82) is 0 Å². The number of benzene rings is 2. The standard InChI is InChI=1S/C18H18Cl2O/c19-16-8-7-12(9-17(16)20)10-18(21)15-6-2-5-14(11-15)13-3-1-4-13/h2,5-9,11,13,18,21H,1,3-4,10H2. The maximum Gasteiger partial charge on any atom is 0.0830 e. The highest BCUT2D eigenvalue weighted by atomic mass is 35.5. The van der Waals surface area contributed by atoms with Gasteiger partial charge in [-0.1, -0.05) is 60.0 Å². The normalized spacial score (nSPS) is 16.5. The van der Waals surface area contributed by atoms with Crippen LogP contribution in [0.3, 0.4) is 0 Å². The molecule has 1 aliphatic carbocycles. The number of hydrogen-bond acceptors (Lipinski definition) is 1. The first-order valence-corrected chi connectivity index (χ1v) is 8.11. The van der Waals surface area contributed by atoms with E-state index in [0.717, 1.165) is 11.1 Å². The van der Waals surface area contributed by atoms with Gasteiger partial charge in [-0.25, -0.2) is 0 Å². The van der Waals surface area contributed by atoms with Crippen molar-refractivity contribution < 1.29 is 5.11 Å². The molecule has 3 rings (SSSR count). The minimum absolute atomic E-state index is 0.512. The Morgan fingerprint density at radius 2 is 1.86 bits per heavy atom. The molecule has 0 spiro atoms. The molecule has 0 saturated heterocycles. The molecule has 3 heteroatoms. The van der Waals surface area contributed by atoms with Crippen LogP contribution in [0.2, 0.25) is 10.0 Å². The molecule has 0 bridgehead atoms. The van der Waals surface area contributed by atoms with Crippen molar-refractivity contribution in [1.82, 2.24) is 0 Å². The summed E-state index contributed by atoms with van der Waals surface area (Å²) >= 11 is 11.9. The Morgan fingerprint density at radius 3 is 2.52 bits per heavy atom. The SMILES string of the molecule is OC(Cc1ccc(Cl)c(Cl)c1)c1cccc(C2CCC2)c1. The molecule has 1 N–H and O–H groups in total. The van der Waals surface area contributed by atoms with E-state index in [1.165, 1.54) is 24.8 Å². The lowest BCUT2D eigenvalue weighted by molar-refractivity contribution is 0.178. The van der Waals surface area contributed by atoms with E-state index in [1.54, 1.807) is 6.07 Å². The second-order valence-corrected chi connectivity index (χ2v) is 6.58. The third-order valence-electron chi connectivity index (χ3n) is 4.29. The van der Waals surface area contributed by atoms with Crippen molar-refractivity contribution >= 4 is 23.2 Å². The molecular weight excluding hydrogens is 303 g/mol. The van der Waals surface area contributed by atoms with Crippen LogP contribution >= 0.6 is 23.2 Å². The van der Waals surface area contributed by atoms with E-state index in [-0.39, 0.29) is 0 Å². The Balaban J connectivity index is 1.75. The summed E-state index contributed by atoms with van der Waals surface area (Å²) in [6, 6.07) is 13.9. The van der Waals surface area contributed by atoms with Crippen molar-refractivity contribution in [3.8, 4) is 0 Å². The lowest BCUT2D eigenvalue weighted by atomic mass is 9.79. The van der Waals surface area contributed by atoms with Crippen molar-refractivity contribution in [2.24, 2.45) is 0 Å². The predicted octanol–water partition coefficient (Wildman–Crippen LogP) is 5.54. The molecule has 110 valence electrons. The molecule has 0 aromatic heterocycles. The molecule has 1 saturated carbocycles. The van der Waals surface area contributed by atoms with Gasteiger partial charge in [0.25, 0.3) is 0 Å². The maximum absolute atomic E-state index is 10.5. The first kappa shape index (κ1) is 14.9. The first-order chi connectivity index (χ1) is 10.1. The van der Waals surface area contributed by atoms with Crippen LogP contribution in [-0.4, -0.2) is 5.11 Å². The van der Waals surface area contributed by atoms with Gasteiger partial charge in [0.05, 0.1) is 16.1 Å². The van der Waals surface area contributed by atoms with Gasteiger partial charge in [0.1, 0.15) is 0 Å². The molecular formula is C18H18Cl2O. The summed E-state index contributed by atoms with van der Waals surface area (Å²) in [4.78, 5) is 0. The van der Waals surface area contributed by atoms with Crippen LogP contribution in [0, 0.1) is 0 Å². The van der Waals surface area contributed by atoms with E-state index in [1.807, 2.05) is 24.3 Å². The van der Waals surface area contributed by atoms with Crippen LogP contribution in [-0.2, 0) is 6.42 Å². The number of rotatable bonds is 4. The Hall–Kier alpha value is -1.02. The summed E-state index contributed by atoms with van der Waals surface area (Å²) in [6.07, 6.45) is 3.90. The van der Waals surface area contributed by atoms with Crippen molar-refractivity contribution in [3.63, 3.8) is 0 Å². The van der Waals surface area contributed by atoms with Crippen LogP contribution in [0.25, 0.3) is 0 Å². The third kappa shape index (κ3) is 3.42. The fourth-order valence-corrected chi connectivity index (χ4v) is 3.09. The average Bonchev–Trinajstić information content (AvgIpc) is 2.41. The maximum atomic E-state index is 10.5. The van der Waals surface area contributed by atoms with Gasteiger partial charge in [-0.3, -0.25) is 0 Å². The summed E-state index contributed by atoms with van der Waals surface area (Å²) in [5.74, 6) is 0.683. The molecule has 1 nitrogen and oxygen atoms in total. The van der Waals surface area contributed by atoms with Gasteiger partial charge in [0.2, 0.25) is 0 Å². The molecule has 1 atom stereocenters. The smallest absolute Gasteiger partial charge is 0.0830 e. The second kappa shape index (κ2) is 6.39. The minimum atomic E-state index is -0.512. The van der Waals surface area contributed by atoms with Gasteiger partial charge in [0.15, 0.2) is 0 Å².